The van der Waals surface area contributed by atoms with Gasteiger partial charge in [0.05, 0.1) is 6.61 Å². The third kappa shape index (κ3) is 6.61. The molecule has 1 rings (SSSR count). The Hall–Kier alpha value is -2.04. The first-order valence-electron chi connectivity index (χ1n) is 7.91. The number of unbranched alkanes of at least 4 members (excludes halogenated alkanes) is 2. The number of nitrogens with one attached hydrogen (secondary N) is 2. The summed E-state index contributed by atoms with van der Waals surface area (Å²) in [5, 5.41) is 5.19. The smallest absolute Gasteiger partial charge is 0.313 e. The molecule has 2 N–H and O–H groups in total. The number of carbonyl (C=O) groups is 2. The zero-order valence-corrected chi connectivity index (χ0v) is 13.6. The minimum Gasteiger partial charge on any atom is -0.494 e. The van der Waals surface area contributed by atoms with E-state index in [9.17, 15) is 9.59 Å². The van der Waals surface area contributed by atoms with Crippen molar-refractivity contribution in [2.24, 2.45) is 0 Å². The molecule has 5 heteroatoms. The van der Waals surface area contributed by atoms with Gasteiger partial charge in [0.25, 0.3) is 0 Å². The summed E-state index contributed by atoms with van der Waals surface area (Å²) in [6.45, 7) is 6.64. The lowest BCUT2D eigenvalue weighted by Crippen LogP contribution is -2.40. The van der Waals surface area contributed by atoms with Gasteiger partial charge in [-0.1, -0.05) is 26.7 Å². The number of amides is 2. The maximum atomic E-state index is 11.7. The minimum atomic E-state index is -0.656. The van der Waals surface area contributed by atoms with Crippen molar-refractivity contribution in [2.45, 2.75) is 52.5 Å². The molecule has 0 bridgehead atoms. The fourth-order valence-electron chi connectivity index (χ4n) is 1.76. The summed E-state index contributed by atoms with van der Waals surface area (Å²) in [6, 6.07) is 7.01. The number of ether oxygens (including phenoxy) is 1. The lowest BCUT2D eigenvalue weighted by molar-refractivity contribution is -0.136. The number of hydrogen-bond donors (Lipinski definition) is 2. The van der Waals surface area contributed by atoms with E-state index in [-0.39, 0.29) is 6.04 Å². The van der Waals surface area contributed by atoms with Crippen LogP contribution in [0.1, 0.15) is 46.5 Å². The fourth-order valence-corrected chi connectivity index (χ4v) is 1.76. The number of anilines is 1. The first-order valence-corrected chi connectivity index (χ1v) is 7.91. The third-order valence-electron chi connectivity index (χ3n) is 3.32. The van der Waals surface area contributed by atoms with E-state index in [4.69, 9.17) is 4.74 Å². The Bertz CT molecular complexity index is 471. The lowest BCUT2D eigenvalue weighted by atomic mass is 10.2. The van der Waals surface area contributed by atoms with Crippen molar-refractivity contribution in [3.05, 3.63) is 24.3 Å². The van der Waals surface area contributed by atoms with Gasteiger partial charge in [0.15, 0.2) is 0 Å². The number of carbonyl (C=O) groups excluding carboxylic acids is 2. The lowest BCUT2D eigenvalue weighted by Gasteiger charge is -2.11. The highest BCUT2D eigenvalue weighted by atomic mass is 16.5. The molecule has 22 heavy (non-hydrogen) atoms. The molecule has 0 spiro atoms. The maximum absolute atomic E-state index is 11.7. The van der Waals surface area contributed by atoms with Crippen LogP contribution in [0.5, 0.6) is 5.75 Å². The van der Waals surface area contributed by atoms with Gasteiger partial charge in [0, 0.05) is 11.7 Å². The summed E-state index contributed by atoms with van der Waals surface area (Å²) < 4.78 is 5.59. The van der Waals surface area contributed by atoms with Crippen molar-refractivity contribution in [3.63, 3.8) is 0 Å². The van der Waals surface area contributed by atoms with Crippen LogP contribution in [-0.4, -0.2) is 24.5 Å². The second-order valence-electron chi connectivity index (χ2n) is 5.32. The quantitative estimate of drug-likeness (QED) is 0.573. The number of benzene rings is 1. The molecule has 0 heterocycles. The molecular weight excluding hydrogens is 280 g/mol. The van der Waals surface area contributed by atoms with E-state index in [1.165, 1.54) is 0 Å². The molecule has 0 aliphatic heterocycles. The molecule has 1 aromatic carbocycles. The molecule has 2 amide bonds. The summed E-state index contributed by atoms with van der Waals surface area (Å²) in [6.07, 6.45) is 4.13. The van der Waals surface area contributed by atoms with Crippen molar-refractivity contribution in [1.82, 2.24) is 5.32 Å². The van der Waals surface area contributed by atoms with Gasteiger partial charge >= 0.3 is 11.8 Å². The second kappa shape index (κ2) is 9.82. The first kappa shape index (κ1) is 18.0. The van der Waals surface area contributed by atoms with Crippen LogP contribution in [0.2, 0.25) is 0 Å². The third-order valence-corrected chi connectivity index (χ3v) is 3.32. The summed E-state index contributed by atoms with van der Waals surface area (Å²) in [7, 11) is 0. The zero-order valence-electron chi connectivity index (χ0n) is 13.6. The molecule has 1 atom stereocenters. The van der Waals surface area contributed by atoms with E-state index in [2.05, 4.69) is 17.6 Å². The van der Waals surface area contributed by atoms with Crippen LogP contribution in [0.4, 0.5) is 5.69 Å². The van der Waals surface area contributed by atoms with Gasteiger partial charge < -0.3 is 15.4 Å². The molecule has 1 aromatic rings. The van der Waals surface area contributed by atoms with Gasteiger partial charge in [0.1, 0.15) is 5.75 Å². The summed E-state index contributed by atoms with van der Waals surface area (Å²) in [5.41, 5.74) is 0.574. The standard InChI is InChI=1S/C17H26N2O3/c1-4-6-7-12-22-15-10-8-14(9-11-15)19-17(21)16(20)18-13(3)5-2/h8-11,13H,4-7,12H2,1-3H3,(H,18,20)(H,19,21)/t13-/m1/s1. The van der Waals surface area contributed by atoms with Gasteiger partial charge in [-0.15, -0.1) is 0 Å². The summed E-state index contributed by atoms with van der Waals surface area (Å²) >= 11 is 0. The van der Waals surface area contributed by atoms with Crippen molar-refractivity contribution in [2.75, 3.05) is 11.9 Å². The van der Waals surface area contributed by atoms with E-state index in [1.54, 1.807) is 24.3 Å². The normalized spacial score (nSPS) is 11.6. The van der Waals surface area contributed by atoms with Crippen molar-refractivity contribution in [3.8, 4) is 5.75 Å². The van der Waals surface area contributed by atoms with Gasteiger partial charge in [-0.05, 0) is 44.0 Å². The van der Waals surface area contributed by atoms with Crippen molar-refractivity contribution in [1.29, 1.82) is 0 Å². The van der Waals surface area contributed by atoms with Crippen LogP contribution in [0.25, 0.3) is 0 Å². The van der Waals surface area contributed by atoms with Crippen molar-refractivity contribution >= 4 is 17.5 Å². The molecule has 0 saturated heterocycles. The minimum absolute atomic E-state index is 0.0165. The van der Waals surface area contributed by atoms with Crippen LogP contribution >= 0.6 is 0 Å². The molecule has 5 nitrogen and oxygen atoms in total. The SMILES string of the molecule is CCCCCOc1ccc(NC(=O)C(=O)N[C@H](C)CC)cc1. The second-order valence-corrected chi connectivity index (χ2v) is 5.32. The Balaban J connectivity index is 2.43. The highest BCUT2D eigenvalue weighted by Gasteiger charge is 2.15. The van der Waals surface area contributed by atoms with E-state index in [0.29, 0.717) is 12.3 Å². The largest absolute Gasteiger partial charge is 0.494 e. The molecule has 0 saturated carbocycles. The highest BCUT2D eigenvalue weighted by Crippen LogP contribution is 2.16. The molecule has 0 radical (unpaired) electrons. The topological polar surface area (TPSA) is 67.4 Å². The zero-order chi connectivity index (χ0) is 16.4. The molecule has 0 aliphatic rings. The number of rotatable bonds is 8. The number of hydrogen-bond acceptors (Lipinski definition) is 3. The van der Waals surface area contributed by atoms with Crippen LogP contribution in [0.15, 0.2) is 24.3 Å². The molecular formula is C17H26N2O3. The molecule has 0 unspecified atom stereocenters. The molecule has 0 fully saturated rings. The monoisotopic (exact) mass is 306 g/mol. The summed E-state index contributed by atoms with van der Waals surface area (Å²) in [4.78, 5) is 23.4. The van der Waals surface area contributed by atoms with E-state index < -0.39 is 11.8 Å². The van der Waals surface area contributed by atoms with Crippen LogP contribution in [0.3, 0.4) is 0 Å². The van der Waals surface area contributed by atoms with E-state index in [1.807, 2.05) is 13.8 Å². The molecule has 0 aromatic heterocycles. The molecule has 0 aliphatic carbocycles. The Morgan fingerprint density at radius 3 is 2.36 bits per heavy atom. The Labute approximate surface area is 132 Å². The summed E-state index contributed by atoms with van der Waals surface area (Å²) in [5.74, 6) is -0.510. The van der Waals surface area contributed by atoms with Crippen LogP contribution < -0.4 is 15.4 Å². The van der Waals surface area contributed by atoms with Crippen LogP contribution in [-0.2, 0) is 9.59 Å². The van der Waals surface area contributed by atoms with E-state index >= 15 is 0 Å². The predicted molar refractivity (Wildman–Crippen MR) is 88.0 cm³/mol. The fraction of sp³-hybridized carbons (Fsp3) is 0.529. The average Bonchev–Trinajstić information content (AvgIpc) is 2.52. The highest BCUT2D eigenvalue weighted by molar-refractivity contribution is 6.39. The van der Waals surface area contributed by atoms with Gasteiger partial charge in [-0.3, -0.25) is 9.59 Å². The van der Waals surface area contributed by atoms with Crippen molar-refractivity contribution < 1.29 is 14.3 Å². The van der Waals surface area contributed by atoms with Gasteiger partial charge in [-0.25, -0.2) is 0 Å². The molecule has 122 valence electrons. The average molecular weight is 306 g/mol. The van der Waals surface area contributed by atoms with E-state index in [0.717, 1.165) is 31.4 Å². The van der Waals surface area contributed by atoms with Crippen LogP contribution in [0, 0.1) is 0 Å². The van der Waals surface area contributed by atoms with Gasteiger partial charge in [0.2, 0.25) is 0 Å². The maximum Gasteiger partial charge on any atom is 0.313 e. The predicted octanol–water partition coefficient (Wildman–Crippen LogP) is 3.11. The van der Waals surface area contributed by atoms with Gasteiger partial charge in [-0.2, -0.15) is 0 Å². The Morgan fingerprint density at radius 2 is 1.77 bits per heavy atom. The Kier molecular flexibility index (Phi) is 8.04. The first-order chi connectivity index (χ1) is 10.6. The Morgan fingerprint density at radius 1 is 1.09 bits per heavy atom.